The van der Waals surface area contributed by atoms with Crippen molar-refractivity contribution < 1.29 is 8.78 Å². The van der Waals surface area contributed by atoms with Crippen molar-refractivity contribution in [2.45, 2.75) is 17.8 Å². The molecule has 0 amide bonds. The Kier molecular flexibility index (Phi) is 3.76. The molecule has 0 unspecified atom stereocenters. The Morgan fingerprint density at radius 2 is 1.94 bits per heavy atom. The number of nitrogens with two attached hydrogens (primary N) is 1. The number of thioether (sulfide) groups is 1. The third kappa shape index (κ3) is 3.16. The van der Waals surface area contributed by atoms with E-state index >= 15 is 0 Å². The molecule has 2 aromatic rings. The monoisotopic (exact) mass is 267 g/mol. The second-order valence-electron chi connectivity index (χ2n) is 3.75. The van der Waals surface area contributed by atoms with E-state index in [-0.39, 0.29) is 0 Å². The summed E-state index contributed by atoms with van der Waals surface area (Å²) in [6.45, 7) is 1.82. The molecule has 0 radical (unpaired) electrons. The smallest absolute Gasteiger partial charge is 0.190 e. The summed E-state index contributed by atoms with van der Waals surface area (Å²) < 4.78 is 25.7. The van der Waals surface area contributed by atoms with Crippen LogP contribution in [0.2, 0.25) is 0 Å². The Hall–Kier alpha value is -1.69. The van der Waals surface area contributed by atoms with Gasteiger partial charge in [-0.3, -0.25) is 0 Å². The molecular formula is C12H11F2N3S. The summed E-state index contributed by atoms with van der Waals surface area (Å²) in [5, 5.41) is 0.525. The van der Waals surface area contributed by atoms with Crippen molar-refractivity contribution in [1.82, 2.24) is 9.97 Å². The van der Waals surface area contributed by atoms with Gasteiger partial charge >= 0.3 is 0 Å². The van der Waals surface area contributed by atoms with Crippen molar-refractivity contribution >= 4 is 17.6 Å². The Morgan fingerprint density at radius 3 is 2.61 bits per heavy atom. The van der Waals surface area contributed by atoms with Gasteiger partial charge in [-0.25, -0.2) is 18.7 Å². The van der Waals surface area contributed by atoms with Gasteiger partial charge in [0.1, 0.15) is 5.82 Å². The number of nitrogen functional groups attached to an aromatic ring is 1. The van der Waals surface area contributed by atoms with E-state index < -0.39 is 11.6 Å². The molecule has 18 heavy (non-hydrogen) atoms. The van der Waals surface area contributed by atoms with Gasteiger partial charge in [0.05, 0.1) is 0 Å². The van der Waals surface area contributed by atoms with E-state index in [9.17, 15) is 8.78 Å². The number of rotatable bonds is 3. The Balaban J connectivity index is 2.08. The lowest BCUT2D eigenvalue weighted by molar-refractivity contribution is 0.507. The van der Waals surface area contributed by atoms with Crippen LogP contribution in [0.15, 0.2) is 29.4 Å². The largest absolute Gasteiger partial charge is 0.384 e. The van der Waals surface area contributed by atoms with E-state index in [4.69, 9.17) is 5.73 Å². The second-order valence-corrected chi connectivity index (χ2v) is 4.70. The van der Waals surface area contributed by atoms with Crippen LogP contribution in [0.5, 0.6) is 0 Å². The highest BCUT2D eigenvalue weighted by atomic mass is 32.2. The molecular weight excluding hydrogens is 256 g/mol. The van der Waals surface area contributed by atoms with Crippen molar-refractivity contribution in [3.8, 4) is 0 Å². The maximum atomic E-state index is 13.0. The summed E-state index contributed by atoms with van der Waals surface area (Å²) in [5.74, 6) is -0.840. The molecule has 1 aromatic heterocycles. The minimum atomic E-state index is -0.849. The lowest BCUT2D eigenvalue weighted by Gasteiger charge is -2.03. The van der Waals surface area contributed by atoms with E-state index in [1.807, 2.05) is 6.92 Å². The normalized spacial score (nSPS) is 10.6. The van der Waals surface area contributed by atoms with Crippen LogP contribution in [-0.2, 0) is 5.75 Å². The highest BCUT2D eigenvalue weighted by molar-refractivity contribution is 7.98. The molecule has 2 N–H and O–H groups in total. The van der Waals surface area contributed by atoms with Crippen molar-refractivity contribution in [3.63, 3.8) is 0 Å². The molecule has 0 fully saturated rings. The van der Waals surface area contributed by atoms with Gasteiger partial charge in [-0.05, 0) is 24.6 Å². The zero-order valence-electron chi connectivity index (χ0n) is 9.65. The highest BCUT2D eigenvalue weighted by Gasteiger charge is 2.05. The molecule has 0 spiro atoms. The van der Waals surface area contributed by atoms with Crippen molar-refractivity contribution in [3.05, 3.63) is 47.2 Å². The number of aryl methyl sites for hydroxylation is 1. The highest BCUT2D eigenvalue weighted by Crippen LogP contribution is 2.21. The number of benzene rings is 1. The fraction of sp³-hybridized carbons (Fsp3) is 0.167. The second kappa shape index (κ2) is 5.30. The molecule has 0 saturated carbocycles. The van der Waals surface area contributed by atoms with Gasteiger partial charge in [0.25, 0.3) is 0 Å². The zero-order chi connectivity index (χ0) is 13.1. The van der Waals surface area contributed by atoms with E-state index in [1.54, 1.807) is 6.07 Å². The van der Waals surface area contributed by atoms with E-state index in [0.717, 1.165) is 11.8 Å². The third-order valence-corrected chi connectivity index (χ3v) is 3.12. The fourth-order valence-electron chi connectivity index (χ4n) is 1.41. The molecule has 1 aromatic carbocycles. The van der Waals surface area contributed by atoms with E-state index in [2.05, 4.69) is 9.97 Å². The molecule has 0 saturated heterocycles. The molecule has 94 valence electrons. The van der Waals surface area contributed by atoms with E-state index in [0.29, 0.717) is 22.3 Å². The third-order valence-electron chi connectivity index (χ3n) is 2.21. The first-order chi connectivity index (χ1) is 8.54. The molecule has 0 aliphatic rings. The van der Waals surface area contributed by atoms with Crippen LogP contribution in [0.1, 0.15) is 11.3 Å². The first-order valence-corrected chi connectivity index (χ1v) is 6.21. The Labute approximate surface area is 107 Å². The summed E-state index contributed by atoms with van der Waals surface area (Å²) >= 11 is 1.33. The van der Waals surface area contributed by atoms with Gasteiger partial charge in [-0.15, -0.1) is 0 Å². The van der Waals surface area contributed by atoms with Gasteiger partial charge < -0.3 is 5.73 Å². The topological polar surface area (TPSA) is 51.8 Å². The SMILES string of the molecule is Cc1cc(N)nc(SCc2ccc(F)c(F)c2)n1. The average molecular weight is 267 g/mol. The molecule has 0 aliphatic carbocycles. The van der Waals surface area contributed by atoms with Crippen LogP contribution in [-0.4, -0.2) is 9.97 Å². The van der Waals surface area contributed by atoms with Crippen LogP contribution < -0.4 is 5.73 Å². The van der Waals surface area contributed by atoms with Gasteiger partial charge in [-0.2, -0.15) is 0 Å². The summed E-state index contributed by atoms with van der Waals surface area (Å²) in [6, 6.07) is 5.48. The maximum absolute atomic E-state index is 13.0. The molecule has 3 nitrogen and oxygen atoms in total. The lowest BCUT2D eigenvalue weighted by atomic mass is 10.2. The van der Waals surface area contributed by atoms with Crippen molar-refractivity contribution in [2.75, 3.05) is 5.73 Å². The van der Waals surface area contributed by atoms with Crippen LogP contribution >= 0.6 is 11.8 Å². The minimum Gasteiger partial charge on any atom is -0.384 e. The van der Waals surface area contributed by atoms with Crippen LogP contribution in [0.25, 0.3) is 0 Å². The van der Waals surface area contributed by atoms with Crippen molar-refractivity contribution in [1.29, 1.82) is 0 Å². The number of hydrogen-bond acceptors (Lipinski definition) is 4. The zero-order valence-corrected chi connectivity index (χ0v) is 10.5. The van der Waals surface area contributed by atoms with Crippen LogP contribution in [0, 0.1) is 18.6 Å². The number of anilines is 1. The average Bonchev–Trinajstić information content (AvgIpc) is 2.29. The predicted molar refractivity (Wildman–Crippen MR) is 67.1 cm³/mol. The van der Waals surface area contributed by atoms with Crippen LogP contribution in [0.3, 0.4) is 0 Å². The van der Waals surface area contributed by atoms with E-state index in [1.165, 1.54) is 23.9 Å². The number of aromatic nitrogens is 2. The quantitative estimate of drug-likeness (QED) is 0.686. The fourth-order valence-corrected chi connectivity index (χ4v) is 2.26. The van der Waals surface area contributed by atoms with Gasteiger partial charge in [0.2, 0.25) is 0 Å². The Morgan fingerprint density at radius 1 is 1.17 bits per heavy atom. The minimum absolute atomic E-state index is 0.398. The lowest BCUT2D eigenvalue weighted by Crippen LogP contribution is -1.97. The summed E-state index contributed by atoms with van der Waals surface area (Å²) in [6.07, 6.45) is 0. The summed E-state index contributed by atoms with van der Waals surface area (Å²) in [7, 11) is 0. The van der Waals surface area contributed by atoms with Crippen molar-refractivity contribution in [2.24, 2.45) is 0 Å². The number of halogens is 2. The van der Waals surface area contributed by atoms with Gasteiger partial charge in [0, 0.05) is 17.5 Å². The number of hydrogen-bond donors (Lipinski definition) is 1. The van der Waals surface area contributed by atoms with Gasteiger partial charge in [0.15, 0.2) is 16.8 Å². The van der Waals surface area contributed by atoms with Gasteiger partial charge in [-0.1, -0.05) is 17.8 Å². The first kappa shape index (κ1) is 12.8. The van der Waals surface area contributed by atoms with Crippen LogP contribution in [0.4, 0.5) is 14.6 Å². The maximum Gasteiger partial charge on any atom is 0.190 e. The summed E-state index contributed by atoms with van der Waals surface area (Å²) in [5.41, 5.74) is 7.04. The standard InChI is InChI=1S/C12H11F2N3S/c1-7-4-11(15)17-12(16-7)18-6-8-2-3-9(13)10(14)5-8/h2-5H,6H2,1H3,(H2,15,16,17). The molecule has 0 atom stereocenters. The number of nitrogens with zero attached hydrogens (tertiary/aromatic N) is 2. The molecule has 1 heterocycles. The molecule has 0 bridgehead atoms. The Bertz CT molecular complexity index is 555. The molecule has 2 rings (SSSR count). The molecule has 6 heteroatoms. The molecule has 0 aliphatic heterocycles. The summed E-state index contributed by atoms with van der Waals surface area (Å²) in [4.78, 5) is 8.24. The first-order valence-electron chi connectivity index (χ1n) is 5.22. The predicted octanol–water partition coefficient (Wildman–Crippen LogP) is 2.94.